The summed E-state index contributed by atoms with van der Waals surface area (Å²) in [5.74, 6) is 1.44. The van der Waals surface area contributed by atoms with Gasteiger partial charge >= 0.3 is 0 Å². The Bertz CT molecular complexity index is 456. The van der Waals surface area contributed by atoms with Gasteiger partial charge in [0.25, 0.3) is 5.91 Å². The molecule has 0 saturated carbocycles. The van der Waals surface area contributed by atoms with E-state index in [1.165, 1.54) is 6.42 Å². The fourth-order valence-corrected chi connectivity index (χ4v) is 3.08. The van der Waals surface area contributed by atoms with E-state index in [9.17, 15) is 4.79 Å². The molecule has 1 aliphatic rings. The van der Waals surface area contributed by atoms with E-state index in [1.807, 2.05) is 30.9 Å². The van der Waals surface area contributed by atoms with Gasteiger partial charge < -0.3 is 4.90 Å². The number of carbonyl (C=O) groups is 1. The Labute approximate surface area is 120 Å². The van der Waals surface area contributed by atoms with Crippen molar-refractivity contribution in [2.75, 3.05) is 19.0 Å². The van der Waals surface area contributed by atoms with Crippen LogP contribution < -0.4 is 0 Å². The first-order valence-electron chi connectivity index (χ1n) is 7.04. The van der Waals surface area contributed by atoms with Crippen molar-refractivity contribution in [2.45, 2.75) is 33.1 Å². The minimum atomic E-state index is 0.181. The number of rotatable bonds is 3. The first-order chi connectivity index (χ1) is 9.11. The van der Waals surface area contributed by atoms with Gasteiger partial charge in [-0.05, 0) is 50.7 Å². The van der Waals surface area contributed by atoms with Crippen LogP contribution in [-0.4, -0.2) is 29.8 Å². The third kappa shape index (κ3) is 3.50. The highest BCUT2D eigenvalue weighted by molar-refractivity contribution is 6.17. The highest BCUT2D eigenvalue weighted by atomic mass is 35.5. The van der Waals surface area contributed by atoms with Gasteiger partial charge in [-0.15, -0.1) is 11.6 Å². The second-order valence-corrected chi connectivity index (χ2v) is 5.93. The average molecular weight is 280 g/mol. The van der Waals surface area contributed by atoms with Gasteiger partial charge in [0.05, 0.1) is 0 Å². The number of piperidine rings is 1. The molecule has 1 amide bonds. The number of amides is 1. The quantitative estimate of drug-likeness (QED) is 0.771. The summed E-state index contributed by atoms with van der Waals surface area (Å²) in [5.41, 5.74) is 3.06. The molecule has 104 valence electrons. The topological polar surface area (TPSA) is 20.3 Å². The van der Waals surface area contributed by atoms with Gasteiger partial charge in [0.1, 0.15) is 0 Å². The number of nitrogens with zero attached hydrogens (tertiary/aromatic N) is 1. The third-order valence-corrected chi connectivity index (χ3v) is 4.17. The van der Waals surface area contributed by atoms with Crippen molar-refractivity contribution >= 4 is 17.5 Å². The first kappa shape index (κ1) is 14.4. The number of benzene rings is 1. The van der Waals surface area contributed by atoms with Crippen molar-refractivity contribution in [2.24, 2.45) is 5.92 Å². The van der Waals surface area contributed by atoms with Crippen LogP contribution in [0.3, 0.4) is 0 Å². The lowest BCUT2D eigenvalue weighted by Crippen LogP contribution is -2.40. The first-order valence-corrected chi connectivity index (χ1v) is 7.57. The van der Waals surface area contributed by atoms with Gasteiger partial charge in [-0.2, -0.15) is 0 Å². The molecule has 0 radical (unpaired) electrons. The maximum absolute atomic E-state index is 12.6. The molecule has 0 bridgehead atoms. The fourth-order valence-electron chi connectivity index (χ4n) is 2.78. The summed E-state index contributed by atoms with van der Waals surface area (Å²) >= 11 is 5.82. The molecule has 3 heteroatoms. The van der Waals surface area contributed by atoms with E-state index in [2.05, 4.69) is 6.07 Å². The monoisotopic (exact) mass is 279 g/mol. The SMILES string of the molecule is Cc1ccc(C)c(C(=O)N2CCCC(CCCl)C2)c1. The van der Waals surface area contributed by atoms with Crippen LogP contribution in [0.1, 0.15) is 40.7 Å². The maximum atomic E-state index is 12.6. The van der Waals surface area contributed by atoms with Crippen molar-refractivity contribution in [3.8, 4) is 0 Å². The van der Waals surface area contributed by atoms with E-state index < -0.39 is 0 Å². The molecule has 1 fully saturated rings. The molecular weight excluding hydrogens is 258 g/mol. The normalized spacial score (nSPS) is 19.5. The van der Waals surface area contributed by atoms with Crippen LogP contribution in [0.5, 0.6) is 0 Å². The molecule has 1 aromatic rings. The number of aryl methyl sites for hydroxylation is 2. The predicted octanol–water partition coefficient (Wildman–Crippen LogP) is 3.78. The van der Waals surface area contributed by atoms with E-state index in [-0.39, 0.29) is 5.91 Å². The highest BCUT2D eigenvalue weighted by Gasteiger charge is 2.24. The summed E-state index contributed by atoms with van der Waals surface area (Å²) in [5, 5.41) is 0. The van der Waals surface area contributed by atoms with Crippen molar-refractivity contribution in [1.29, 1.82) is 0 Å². The Morgan fingerprint density at radius 2 is 2.21 bits per heavy atom. The van der Waals surface area contributed by atoms with Crippen LogP contribution in [0.15, 0.2) is 18.2 Å². The van der Waals surface area contributed by atoms with Crippen molar-refractivity contribution < 1.29 is 4.79 Å². The summed E-state index contributed by atoms with van der Waals surface area (Å²) in [6, 6.07) is 6.09. The number of halogens is 1. The van der Waals surface area contributed by atoms with Crippen LogP contribution in [0, 0.1) is 19.8 Å². The number of likely N-dealkylation sites (tertiary alicyclic amines) is 1. The summed E-state index contributed by atoms with van der Waals surface area (Å²) in [7, 11) is 0. The van der Waals surface area contributed by atoms with E-state index in [0.717, 1.165) is 42.6 Å². The molecule has 19 heavy (non-hydrogen) atoms. The summed E-state index contributed by atoms with van der Waals surface area (Å²) in [6.45, 7) is 5.78. The second kappa shape index (κ2) is 6.42. The van der Waals surface area contributed by atoms with Crippen molar-refractivity contribution in [1.82, 2.24) is 4.90 Å². The molecule has 0 spiro atoms. The van der Waals surface area contributed by atoms with Crippen molar-refractivity contribution in [3.05, 3.63) is 34.9 Å². The molecule has 1 atom stereocenters. The Hall–Kier alpha value is -1.02. The fraction of sp³-hybridized carbons (Fsp3) is 0.562. The predicted molar refractivity (Wildman–Crippen MR) is 79.9 cm³/mol. The number of alkyl halides is 1. The van der Waals surface area contributed by atoms with Gasteiger partial charge in [-0.3, -0.25) is 4.79 Å². The van der Waals surface area contributed by atoms with E-state index in [4.69, 9.17) is 11.6 Å². The minimum absolute atomic E-state index is 0.181. The van der Waals surface area contributed by atoms with E-state index in [0.29, 0.717) is 11.8 Å². The molecule has 1 heterocycles. The van der Waals surface area contributed by atoms with Crippen LogP contribution in [-0.2, 0) is 0 Å². The Morgan fingerprint density at radius 3 is 2.95 bits per heavy atom. The Morgan fingerprint density at radius 1 is 1.42 bits per heavy atom. The van der Waals surface area contributed by atoms with E-state index >= 15 is 0 Å². The number of carbonyl (C=O) groups excluding carboxylic acids is 1. The summed E-state index contributed by atoms with van der Waals surface area (Å²) < 4.78 is 0. The molecular formula is C16H22ClNO. The Balaban J connectivity index is 2.12. The van der Waals surface area contributed by atoms with Crippen LogP contribution >= 0.6 is 11.6 Å². The third-order valence-electron chi connectivity index (χ3n) is 3.95. The molecule has 1 saturated heterocycles. The molecule has 1 aromatic carbocycles. The lowest BCUT2D eigenvalue weighted by Gasteiger charge is -2.33. The standard InChI is InChI=1S/C16H22ClNO/c1-12-5-6-13(2)15(10-12)16(19)18-9-3-4-14(11-18)7-8-17/h5-6,10,14H,3-4,7-9,11H2,1-2H3. The zero-order valence-electron chi connectivity index (χ0n) is 11.8. The molecule has 2 nitrogen and oxygen atoms in total. The smallest absolute Gasteiger partial charge is 0.254 e. The molecule has 0 N–H and O–H groups in total. The highest BCUT2D eigenvalue weighted by Crippen LogP contribution is 2.22. The minimum Gasteiger partial charge on any atom is -0.338 e. The van der Waals surface area contributed by atoms with Crippen LogP contribution in [0.2, 0.25) is 0 Å². The van der Waals surface area contributed by atoms with Crippen LogP contribution in [0.25, 0.3) is 0 Å². The van der Waals surface area contributed by atoms with Gasteiger partial charge in [-0.1, -0.05) is 17.7 Å². The van der Waals surface area contributed by atoms with Crippen molar-refractivity contribution in [3.63, 3.8) is 0 Å². The number of hydrogen-bond acceptors (Lipinski definition) is 1. The van der Waals surface area contributed by atoms with Crippen LogP contribution in [0.4, 0.5) is 0 Å². The summed E-state index contributed by atoms with van der Waals surface area (Å²) in [6.07, 6.45) is 3.31. The number of hydrogen-bond donors (Lipinski definition) is 0. The lowest BCUT2D eigenvalue weighted by molar-refractivity contribution is 0.0671. The molecule has 0 aromatic heterocycles. The summed E-state index contributed by atoms with van der Waals surface area (Å²) in [4.78, 5) is 14.6. The van der Waals surface area contributed by atoms with Gasteiger partial charge in [0.2, 0.25) is 0 Å². The maximum Gasteiger partial charge on any atom is 0.254 e. The largest absolute Gasteiger partial charge is 0.338 e. The second-order valence-electron chi connectivity index (χ2n) is 5.56. The Kier molecular flexibility index (Phi) is 4.87. The lowest BCUT2D eigenvalue weighted by atomic mass is 9.94. The van der Waals surface area contributed by atoms with Gasteiger partial charge in [0, 0.05) is 24.5 Å². The molecule has 1 aliphatic heterocycles. The van der Waals surface area contributed by atoms with Gasteiger partial charge in [-0.25, -0.2) is 0 Å². The zero-order valence-corrected chi connectivity index (χ0v) is 12.5. The average Bonchev–Trinajstić information content (AvgIpc) is 2.41. The van der Waals surface area contributed by atoms with Gasteiger partial charge in [0.15, 0.2) is 0 Å². The zero-order chi connectivity index (χ0) is 13.8. The molecule has 1 unspecified atom stereocenters. The molecule has 0 aliphatic carbocycles. The molecule has 2 rings (SSSR count). The van der Waals surface area contributed by atoms with E-state index in [1.54, 1.807) is 0 Å².